The molecule has 35 heavy (non-hydrogen) atoms. The van der Waals surface area contributed by atoms with Gasteiger partial charge in [-0.2, -0.15) is 0 Å². The summed E-state index contributed by atoms with van der Waals surface area (Å²) in [6.07, 6.45) is 1.91. The second-order valence-corrected chi connectivity index (χ2v) is 8.85. The predicted molar refractivity (Wildman–Crippen MR) is 135 cm³/mol. The summed E-state index contributed by atoms with van der Waals surface area (Å²) in [5.41, 5.74) is 3.42. The van der Waals surface area contributed by atoms with Gasteiger partial charge in [-0.05, 0) is 54.4 Å². The van der Waals surface area contributed by atoms with E-state index in [0.717, 1.165) is 22.0 Å². The zero-order chi connectivity index (χ0) is 24.5. The van der Waals surface area contributed by atoms with Crippen molar-refractivity contribution in [2.24, 2.45) is 0 Å². The first kappa shape index (κ1) is 22.6. The van der Waals surface area contributed by atoms with Crippen LogP contribution in [0.3, 0.4) is 0 Å². The number of aromatic nitrogens is 2. The van der Waals surface area contributed by atoms with Crippen molar-refractivity contribution in [3.05, 3.63) is 88.7 Å². The van der Waals surface area contributed by atoms with E-state index >= 15 is 0 Å². The third-order valence-electron chi connectivity index (χ3n) is 5.97. The Kier molecular flexibility index (Phi) is 5.96. The normalized spacial score (nSPS) is 15.1. The quantitative estimate of drug-likeness (QED) is 0.397. The Bertz CT molecular complexity index is 1460. The van der Waals surface area contributed by atoms with Crippen LogP contribution < -0.4 is 15.5 Å². The zero-order valence-corrected chi connectivity index (χ0v) is 19.6. The largest absolute Gasteiger partial charge is 0.351 e. The second kappa shape index (κ2) is 9.23. The molecule has 3 N–H and O–H groups in total. The Morgan fingerprint density at radius 1 is 1.14 bits per heavy atom. The van der Waals surface area contributed by atoms with E-state index in [1.54, 1.807) is 42.6 Å². The highest BCUT2D eigenvalue weighted by Gasteiger charge is 2.35. The summed E-state index contributed by atoms with van der Waals surface area (Å²) in [6.45, 7) is 1.64. The van der Waals surface area contributed by atoms with E-state index in [1.165, 1.54) is 4.90 Å². The number of hydrogen-bond acceptors (Lipinski definition) is 4. The first-order valence-electron chi connectivity index (χ1n) is 11.1. The molecular weight excluding hydrogens is 466 g/mol. The number of rotatable bonds is 5. The van der Waals surface area contributed by atoms with Gasteiger partial charge in [0.15, 0.2) is 0 Å². The molecule has 1 aliphatic rings. The first-order chi connectivity index (χ1) is 16.9. The minimum Gasteiger partial charge on any atom is -0.351 e. The third kappa shape index (κ3) is 4.61. The first-order valence-corrected chi connectivity index (χ1v) is 11.5. The molecule has 9 heteroatoms. The van der Waals surface area contributed by atoms with Crippen molar-refractivity contribution in [1.29, 1.82) is 0 Å². The van der Waals surface area contributed by atoms with Crippen LogP contribution >= 0.6 is 11.6 Å². The maximum atomic E-state index is 13.4. The number of nitrogens with one attached hydrogen (secondary N) is 3. The van der Waals surface area contributed by atoms with Gasteiger partial charge in [-0.3, -0.25) is 14.4 Å². The van der Waals surface area contributed by atoms with Crippen LogP contribution in [0.15, 0.2) is 66.9 Å². The molecule has 0 aliphatic carbocycles. The van der Waals surface area contributed by atoms with Gasteiger partial charge in [0.05, 0.1) is 0 Å². The molecule has 0 saturated heterocycles. The summed E-state index contributed by atoms with van der Waals surface area (Å²) in [6, 6.07) is 17.1. The lowest BCUT2D eigenvalue weighted by molar-refractivity contribution is -0.123. The zero-order valence-electron chi connectivity index (χ0n) is 18.8. The number of halogens is 1. The van der Waals surface area contributed by atoms with Gasteiger partial charge in [0.2, 0.25) is 11.8 Å². The lowest BCUT2D eigenvalue weighted by Gasteiger charge is -2.34. The predicted octanol–water partition coefficient (Wildman–Crippen LogP) is 3.85. The molecule has 3 heterocycles. The molecule has 0 radical (unpaired) electrons. The minimum atomic E-state index is -0.822. The highest BCUT2D eigenvalue weighted by atomic mass is 35.5. The van der Waals surface area contributed by atoms with Crippen LogP contribution in [0.25, 0.3) is 10.9 Å². The SMILES string of the molecule is Cc1cccnc1NC(=O)CN1C(=O)C(NC(=O)c2cc3cc(Cl)ccc3[nH]2)Cc2ccccc21. The van der Waals surface area contributed by atoms with Crippen LogP contribution in [-0.2, 0) is 16.0 Å². The molecule has 0 saturated carbocycles. The molecule has 2 aromatic heterocycles. The number of aryl methyl sites for hydroxylation is 1. The number of hydrogen-bond donors (Lipinski definition) is 3. The summed E-state index contributed by atoms with van der Waals surface area (Å²) in [5.74, 6) is -0.707. The number of amides is 3. The van der Waals surface area contributed by atoms with Crippen LogP contribution in [0.2, 0.25) is 5.02 Å². The molecule has 0 bridgehead atoms. The number of aromatic amines is 1. The van der Waals surface area contributed by atoms with E-state index in [1.807, 2.05) is 31.2 Å². The molecular formula is C26H22ClN5O3. The van der Waals surface area contributed by atoms with Crippen molar-refractivity contribution < 1.29 is 14.4 Å². The molecule has 176 valence electrons. The van der Waals surface area contributed by atoms with Crippen LogP contribution in [-0.4, -0.2) is 40.3 Å². The minimum absolute atomic E-state index is 0.205. The molecule has 5 rings (SSSR count). The number of fused-ring (bicyclic) bond motifs is 2. The van der Waals surface area contributed by atoms with Crippen molar-refractivity contribution >= 4 is 51.7 Å². The summed E-state index contributed by atoms with van der Waals surface area (Å²) >= 11 is 6.05. The Morgan fingerprint density at radius 3 is 2.80 bits per heavy atom. The molecule has 0 spiro atoms. The number of H-pyrrole nitrogens is 1. The number of pyridine rings is 1. The van der Waals surface area contributed by atoms with E-state index < -0.39 is 11.9 Å². The van der Waals surface area contributed by atoms with Gasteiger partial charge in [0.1, 0.15) is 24.1 Å². The number of carbonyl (C=O) groups excluding carboxylic acids is 3. The van der Waals surface area contributed by atoms with Crippen LogP contribution in [0.1, 0.15) is 21.6 Å². The summed E-state index contributed by atoms with van der Waals surface area (Å²) in [7, 11) is 0. The molecule has 0 fully saturated rings. The number of anilines is 2. The second-order valence-electron chi connectivity index (χ2n) is 8.41. The van der Waals surface area contributed by atoms with Gasteiger partial charge in [-0.1, -0.05) is 35.9 Å². The maximum Gasteiger partial charge on any atom is 0.268 e. The van der Waals surface area contributed by atoms with Crippen molar-refractivity contribution in [3.63, 3.8) is 0 Å². The fraction of sp³-hybridized carbons (Fsp3) is 0.154. The van der Waals surface area contributed by atoms with E-state index in [0.29, 0.717) is 28.6 Å². The highest BCUT2D eigenvalue weighted by molar-refractivity contribution is 6.31. The van der Waals surface area contributed by atoms with Crippen molar-refractivity contribution in [1.82, 2.24) is 15.3 Å². The molecule has 3 amide bonds. The van der Waals surface area contributed by atoms with Gasteiger partial charge in [-0.25, -0.2) is 4.98 Å². The smallest absolute Gasteiger partial charge is 0.268 e. The van der Waals surface area contributed by atoms with Crippen LogP contribution in [0, 0.1) is 6.92 Å². The Hall–Kier alpha value is -4.17. The summed E-state index contributed by atoms with van der Waals surface area (Å²) in [5, 5.41) is 6.95. The average molecular weight is 488 g/mol. The van der Waals surface area contributed by atoms with Crippen molar-refractivity contribution in [2.45, 2.75) is 19.4 Å². The molecule has 1 atom stereocenters. The number of benzene rings is 2. The maximum absolute atomic E-state index is 13.4. The van der Waals surface area contributed by atoms with E-state index in [-0.39, 0.29) is 18.4 Å². The number of carbonyl (C=O) groups is 3. The molecule has 1 aliphatic heterocycles. The van der Waals surface area contributed by atoms with E-state index in [4.69, 9.17) is 11.6 Å². The molecule has 4 aromatic rings. The van der Waals surface area contributed by atoms with Crippen LogP contribution in [0.5, 0.6) is 0 Å². The van der Waals surface area contributed by atoms with E-state index in [9.17, 15) is 14.4 Å². The monoisotopic (exact) mass is 487 g/mol. The fourth-order valence-electron chi connectivity index (χ4n) is 4.23. The molecule has 2 aromatic carbocycles. The van der Waals surface area contributed by atoms with Gasteiger partial charge in [-0.15, -0.1) is 0 Å². The Morgan fingerprint density at radius 2 is 1.97 bits per heavy atom. The van der Waals surface area contributed by atoms with Crippen molar-refractivity contribution in [2.75, 3.05) is 16.8 Å². The fourth-order valence-corrected chi connectivity index (χ4v) is 4.41. The lowest BCUT2D eigenvalue weighted by Crippen LogP contribution is -2.54. The van der Waals surface area contributed by atoms with Gasteiger partial charge in [0.25, 0.3) is 5.91 Å². The molecule has 8 nitrogen and oxygen atoms in total. The van der Waals surface area contributed by atoms with Gasteiger partial charge < -0.3 is 20.5 Å². The lowest BCUT2D eigenvalue weighted by atomic mass is 9.97. The third-order valence-corrected chi connectivity index (χ3v) is 6.21. The van der Waals surface area contributed by atoms with Crippen LogP contribution in [0.4, 0.5) is 11.5 Å². The standard InChI is InChI=1S/C26H22ClN5O3/c1-15-5-4-10-28-24(15)31-23(33)14-32-22-7-3-2-6-16(22)12-21(26(32)35)30-25(34)20-13-17-11-18(27)8-9-19(17)29-20/h2-11,13,21,29H,12,14H2,1H3,(H,30,34)(H,28,31,33). The number of para-hydroxylation sites is 1. The van der Waals surface area contributed by atoms with Gasteiger partial charge >= 0.3 is 0 Å². The average Bonchev–Trinajstić information content (AvgIpc) is 3.26. The Labute approximate surface area is 206 Å². The Balaban J connectivity index is 1.36. The highest BCUT2D eigenvalue weighted by Crippen LogP contribution is 2.28. The molecule has 1 unspecified atom stereocenters. The topological polar surface area (TPSA) is 107 Å². The van der Waals surface area contributed by atoms with Gasteiger partial charge in [0, 0.05) is 34.2 Å². The summed E-state index contributed by atoms with van der Waals surface area (Å²) in [4.78, 5) is 47.9. The number of nitrogens with zero attached hydrogens (tertiary/aromatic N) is 2. The summed E-state index contributed by atoms with van der Waals surface area (Å²) < 4.78 is 0. The van der Waals surface area contributed by atoms with Crippen molar-refractivity contribution in [3.8, 4) is 0 Å². The van der Waals surface area contributed by atoms with E-state index in [2.05, 4.69) is 20.6 Å².